The summed E-state index contributed by atoms with van der Waals surface area (Å²) in [5, 5.41) is 9.66. The topological polar surface area (TPSA) is 54.4 Å². The summed E-state index contributed by atoms with van der Waals surface area (Å²) in [4.78, 5) is 12.7. The summed E-state index contributed by atoms with van der Waals surface area (Å²) in [6, 6.07) is 9.77. The van der Waals surface area contributed by atoms with E-state index in [0.29, 0.717) is 30.3 Å². The van der Waals surface area contributed by atoms with Crippen LogP contribution in [0.5, 0.6) is 0 Å². The van der Waals surface area contributed by atoms with Gasteiger partial charge >= 0.3 is 0 Å². The van der Waals surface area contributed by atoms with Gasteiger partial charge in [-0.25, -0.2) is 0 Å². The highest BCUT2D eigenvalue weighted by Crippen LogP contribution is 2.64. The van der Waals surface area contributed by atoms with Crippen LogP contribution in [0.1, 0.15) is 57.3 Å². The van der Waals surface area contributed by atoms with E-state index in [-0.39, 0.29) is 10.7 Å². The quantitative estimate of drug-likeness (QED) is 0.854. The van der Waals surface area contributed by atoms with E-state index in [2.05, 4.69) is 13.8 Å². The molecule has 2 bridgehead atoms. The minimum Gasteiger partial charge on any atom is -0.393 e. The first kappa shape index (κ1) is 17.8. The van der Waals surface area contributed by atoms with Gasteiger partial charge in [-0.05, 0) is 43.1 Å². The number of Topliss-reactive ketones (excluding diaryl/α,β-unsaturated/α-hetero) is 1. The van der Waals surface area contributed by atoms with Crippen molar-refractivity contribution < 1.29 is 14.1 Å². The van der Waals surface area contributed by atoms with Crippen molar-refractivity contribution in [3.05, 3.63) is 35.9 Å². The first-order valence-corrected chi connectivity index (χ1v) is 10.3. The van der Waals surface area contributed by atoms with Crippen molar-refractivity contribution in [2.24, 2.45) is 16.7 Å². The predicted octanol–water partition coefficient (Wildman–Crippen LogP) is 3.64. The maximum Gasteiger partial charge on any atom is 0.140 e. The number of hydrogen-bond acceptors (Lipinski definition) is 3. The lowest BCUT2D eigenvalue weighted by Crippen LogP contribution is -2.41. The number of benzene rings is 1. The summed E-state index contributed by atoms with van der Waals surface area (Å²) in [6.45, 7) is 6.10. The third-order valence-electron chi connectivity index (χ3n) is 6.57. The molecule has 2 fully saturated rings. The van der Waals surface area contributed by atoms with Crippen molar-refractivity contribution in [3.63, 3.8) is 0 Å². The van der Waals surface area contributed by atoms with Gasteiger partial charge < -0.3 is 5.11 Å². The summed E-state index contributed by atoms with van der Waals surface area (Å²) in [6.07, 6.45) is 2.54. The largest absolute Gasteiger partial charge is 0.393 e. The van der Waals surface area contributed by atoms with Crippen molar-refractivity contribution >= 4 is 16.6 Å². The van der Waals surface area contributed by atoms with E-state index < -0.39 is 22.3 Å². The average Bonchev–Trinajstić information content (AvgIpc) is 2.87. The number of carbonyl (C=O) groups excluding carboxylic acids is 1. The molecule has 1 aromatic rings. The molecule has 4 heteroatoms. The van der Waals surface area contributed by atoms with Gasteiger partial charge in [0.15, 0.2) is 0 Å². The number of aliphatic hydroxyl groups excluding tert-OH is 1. The molecule has 24 heavy (non-hydrogen) atoms. The molecule has 1 N–H and O–H groups in total. The van der Waals surface area contributed by atoms with Gasteiger partial charge in [0.2, 0.25) is 0 Å². The molecule has 0 radical (unpaired) electrons. The van der Waals surface area contributed by atoms with Gasteiger partial charge in [-0.3, -0.25) is 9.00 Å². The highest BCUT2D eigenvalue weighted by Gasteiger charge is 2.64. The monoisotopic (exact) mass is 348 g/mol. The fourth-order valence-electron chi connectivity index (χ4n) is 4.82. The Bertz CT molecular complexity index is 638. The number of aliphatic hydroxyl groups is 1. The fraction of sp³-hybridized carbons (Fsp3) is 0.650. The molecule has 2 saturated carbocycles. The zero-order chi connectivity index (χ0) is 17.5. The van der Waals surface area contributed by atoms with Crippen molar-refractivity contribution in [2.75, 3.05) is 5.75 Å². The first-order chi connectivity index (χ1) is 11.3. The molecule has 0 aliphatic heterocycles. The van der Waals surface area contributed by atoms with Crippen molar-refractivity contribution in [3.8, 4) is 0 Å². The molecule has 3 rings (SSSR count). The Morgan fingerprint density at radius 3 is 2.46 bits per heavy atom. The number of rotatable bonds is 6. The Morgan fingerprint density at radius 2 is 1.96 bits per heavy atom. The molecule has 2 aliphatic rings. The standard InChI is InChI=1S/C20H28O3S/c1-14(21)11-17(15-7-5-4-6-8-15)24(23)13-20-10-9-16(12-18(20)22)19(20,2)3/h4-8,14,16-17,21H,9-13H2,1-3H3/t14-,16-,17?,20-,24?/m0/s1. The van der Waals surface area contributed by atoms with Gasteiger partial charge in [0, 0.05) is 28.4 Å². The number of carbonyl (C=O) groups is 1. The third-order valence-corrected chi connectivity index (χ3v) is 8.45. The first-order valence-electron chi connectivity index (χ1n) is 8.91. The van der Waals surface area contributed by atoms with Gasteiger partial charge in [-0.15, -0.1) is 0 Å². The van der Waals surface area contributed by atoms with Gasteiger partial charge in [0.05, 0.1) is 11.4 Å². The summed E-state index contributed by atoms with van der Waals surface area (Å²) in [7, 11) is -1.18. The van der Waals surface area contributed by atoms with Crippen LogP contribution in [0.25, 0.3) is 0 Å². The second kappa shape index (κ2) is 6.38. The zero-order valence-corrected chi connectivity index (χ0v) is 15.6. The van der Waals surface area contributed by atoms with Crippen LogP contribution in [0.3, 0.4) is 0 Å². The molecule has 0 spiro atoms. The van der Waals surface area contributed by atoms with Crippen molar-refractivity contribution in [1.29, 1.82) is 0 Å². The Kier molecular flexibility index (Phi) is 4.73. The van der Waals surface area contributed by atoms with Crippen molar-refractivity contribution in [2.45, 2.75) is 57.8 Å². The van der Waals surface area contributed by atoms with E-state index in [4.69, 9.17) is 0 Å². The molecule has 5 atom stereocenters. The SMILES string of the molecule is C[C@H](O)CC(c1ccccc1)S(=O)C[C@@]12CC[C@@H](CC1=O)C2(C)C. The molecular weight excluding hydrogens is 320 g/mol. The fourth-order valence-corrected chi connectivity index (χ4v) is 7.14. The molecule has 132 valence electrons. The van der Waals surface area contributed by atoms with Crippen LogP contribution in [0.4, 0.5) is 0 Å². The van der Waals surface area contributed by atoms with E-state index in [1.165, 1.54) is 0 Å². The average molecular weight is 349 g/mol. The van der Waals surface area contributed by atoms with Crippen LogP contribution in [0.15, 0.2) is 30.3 Å². The highest BCUT2D eigenvalue weighted by atomic mass is 32.2. The zero-order valence-electron chi connectivity index (χ0n) is 14.8. The van der Waals surface area contributed by atoms with Gasteiger partial charge in [-0.1, -0.05) is 44.2 Å². The molecule has 2 unspecified atom stereocenters. The maximum atomic E-state index is 13.3. The van der Waals surface area contributed by atoms with E-state index in [1.807, 2.05) is 30.3 Å². The summed E-state index contributed by atoms with van der Waals surface area (Å²) in [5.41, 5.74) is 0.492. The summed E-state index contributed by atoms with van der Waals surface area (Å²) < 4.78 is 13.3. The van der Waals surface area contributed by atoms with Crippen LogP contribution in [-0.4, -0.2) is 27.0 Å². The third kappa shape index (κ3) is 2.78. The predicted molar refractivity (Wildman–Crippen MR) is 97.1 cm³/mol. The molecule has 0 heterocycles. The van der Waals surface area contributed by atoms with Gasteiger partial charge in [0.25, 0.3) is 0 Å². The molecule has 2 aliphatic carbocycles. The molecule has 1 aromatic carbocycles. The van der Waals surface area contributed by atoms with Crippen molar-refractivity contribution in [1.82, 2.24) is 0 Å². The number of hydrogen-bond donors (Lipinski definition) is 1. The Morgan fingerprint density at radius 1 is 1.29 bits per heavy atom. The lowest BCUT2D eigenvalue weighted by molar-refractivity contribution is -0.127. The Hall–Kier alpha value is -1.00. The lowest BCUT2D eigenvalue weighted by Gasteiger charge is -2.37. The van der Waals surface area contributed by atoms with E-state index in [0.717, 1.165) is 18.4 Å². The molecule has 0 aromatic heterocycles. The van der Waals surface area contributed by atoms with E-state index in [9.17, 15) is 14.1 Å². The van der Waals surface area contributed by atoms with E-state index >= 15 is 0 Å². The van der Waals surface area contributed by atoms with Crippen LogP contribution in [0.2, 0.25) is 0 Å². The minimum absolute atomic E-state index is 0.0637. The Labute approximate surface area is 147 Å². The maximum absolute atomic E-state index is 13.3. The lowest BCUT2D eigenvalue weighted by atomic mass is 9.70. The number of ketones is 1. The molecule has 3 nitrogen and oxygen atoms in total. The van der Waals surface area contributed by atoms with Crippen LogP contribution in [-0.2, 0) is 15.6 Å². The number of fused-ring (bicyclic) bond motifs is 2. The second-order valence-corrected chi connectivity index (χ2v) is 9.80. The van der Waals surface area contributed by atoms with Gasteiger partial charge in [-0.2, -0.15) is 0 Å². The minimum atomic E-state index is -1.18. The molecular formula is C20H28O3S. The summed E-state index contributed by atoms with van der Waals surface area (Å²) >= 11 is 0. The molecule has 0 amide bonds. The van der Waals surface area contributed by atoms with Crippen LogP contribution >= 0.6 is 0 Å². The van der Waals surface area contributed by atoms with Crippen LogP contribution < -0.4 is 0 Å². The van der Waals surface area contributed by atoms with E-state index in [1.54, 1.807) is 6.92 Å². The Balaban J connectivity index is 1.87. The molecule has 0 saturated heterocycles. The van der Waals surface area contributed by atoms with Crippen LogP contribution in [0, 0.1) is 16.7 Å². The summed E-state index contributed by atoms with van der Waals surface area (Å²) in [5.74, 6) is 1.18. The second-order valence-electron chi connectivity index (χ2n) is 8.18. The normalized spacial score (nSPS) is 31.8. The van der Waals surface area contributed by atoms with Gasteiger partial charge in [0.1, 0.15) is 5.78 Å². The highest BCUT2D eigenvalue weighted by molar-refractivity contribution is 7.85. The smallest absolute Gasteiger partial charge is 0.140 e.